The molecule has 0 unspecified atom stereocenters. The summed E-state index contributed by atoms with van der Waals surface area (Å²) in [6, 6.07) is 0. The predicted molar refractivity (Wildman–Crippen MR) is 50.9 cm³/mol. The van der Waals surface area contributed by atoms with Crippen LogP contribution in [0.25, 0.3) is 0 Å². The smallest absolute Gasteiger partial charge is 0.332 e. The molecule has 1 fully saturated rings. The van der Waals surface area contributed by atoms with E-state index < -0.39 is 0 Å². The van der Waals surface area contributed by atoms with Crippen molar-refractivity contribution >= 4 is 5.97 Å². The van der Waals surface area contributed by atoms with Crippen molar-refractivity contribution in [2.24, 2.45) is 5.73 Å². The zero-order valence-electron chi connectivity index (χ0n) is 8.08. The van der Waals surface area contributed by atoms with Gasteiger partial charge in [0.05, 0.1) is 0 Å². The van der Waals surface area contributed by atoms with E-state index in [1.807, 2.05) is 6.92 Å². The van der Waals surface area contributed by atoms with Crippen LogP contribution in [0, 0.1) is 0 Å². The van der Waals surface area contributed by atoms with E-state index in [-0.39, 0.29) is 12.1 Å². The molecular formula is C10H17NO2. The van der Waals surface area contributed by atoms with Crippen LogP contribution in [-0.2, 0) is 9.53 Å². The van der Waals surface area contributed by atoms with Gasteiger partial charge in [-0.2, -0.15) is 0 Å². The minimum Gasteiger partial charge on any atom is -0.459 e. The highest BCUT2D eigenvalue weighted by Crippen LogP contribution is 2.21. The first-order chi connectivity index (χ1) is 6.22. The van der Waals surface area contributed by atoms with Gasteiger partial charge in [0.15, 0.2) is 0 Å². The Balaban J connectivity index is 2.32. The van der Waals surface area contributed by atoms with Crippen molar-refractivity contribution < 1.29 is 9.53 Å². The molecule has 3 nitrogen and oxygen atoms in total. The molecule has 0 aromatic rings. The van der Waals surface area contributed by atoms with Gasteiger partial charge < -0.3 is 10.5 Å². The van der Waals surface area contributed by atoms with Gasteiger partial charge in [-0.15, -0.1) is 0 Å². The molecule has 0 saturated heterocycles. The topological polar surface area (TPSA) is 52.3 Å². The first-order valence-corrected chi connectivity index (χ1v) is 4.89. The molecule has 0 atom stereocenters. The monoisotopic (exact) mass is 183 g/mol. The first kappa shape index (κ1) is 10.1. The van der Waals surface area contributed by atoms with Crippen LogP contribution in [0.2, 0.25) is 0 Å². The minimum absolute atomic E-state index is 0.133. The summed E-state index contributed by atoms with van der Waals surface area (Å²) in [5.74, 6) is -0.286. The Bertz CT molecular complexity index is 205. The molecule has 0 heterocycles. The van der Waals surface area contributed by atoms with Crippen LogP contribution in [-0.4, -0.2) is 12.1 Å². The van der Waals surface area contributed by atoms with Crippen molar-refractivity contribution in [2.45, 2.75) is 45.1 Å². The Morgan fingerprint density at radius 2 is 2.15 bits per heavy atom. The second-order valence-corrected chi connectivity index (χ2v) is 3.42. The van der Waals surface area contributed by atoms with Gasteiger partial charge in [-0.1, -0.05) is 6.92 Å². The number of esters is 1. The standard InChI is InChI=1S/C10H17NO2/c1-2-8(11)7-10(12)13-9-5-3-4-6-9/h7,9H,2-6,11H2,1H3. The van der Waals surface area contributed by atoms with Crippen molar-refractivity contribution in [1.29, 1.82) is 0 Å². The zero-order valence-corrected chi connectivity index (χ0v) is 8.08. The summed E-state index contributed by atoms with van der Waals surface area (Å²) in [7, 11) is 0. The molecule has 1 aliphatic rings. The van der Waals surface area contributed by atoms with Crippen LogP contribution < -0.4 is 5.73 Å². The maximum absolute atomic E-state index is 11.2. The average molecular weight is 183 g/mol. The van der Waals surface area contributed by atoms with Crippen LogP contribution in [0.5, 0.6) is 0 Å². The molecule has 0 radical (unpaired) electrons. The van der Waals surface area contributed by atoms with Crippen molar-refractivity contribution in [3.05, 3.63) is 11.8 Å². The molecule has 0 amide bonds. The Morgan fingerprint density at radius 3 is 2.69 bits per heavy atom. The molecule has 0 spiro atoms. The molecule has 74 valence electrons. The zero-order chi connectivity index (χ0) is 9.68. The van der Waals surface area contributed by atoms with Crippen LogP contribution in [0.1, 0.15) is 39.0 Å². The van der Waals surface area contributed by atoms with Crippen LogP contribution in [0.4, 0.5) is 0 Å². The van der Waals surface area contributed by atoms with Crippen molar-refractivity contribution in [3.8, 4) is 0 Å². The van der Waals surface area contributed by atoms with E-state index >= 15 is 0 Å². The minimum atomic E-state index is -0.286. The van der Waals surface area contributed by atoms with E-state index in [0.717, 1.165) is 12.8 Å². The highest BCUT2D eigenvalue weighted by atomic mass is 16.5. The summed E-state index contributed by atoms with van der Waals surface area (Å²) in [6.07, 6.45) is 6.57. The number of rotatable bonds is 3. The van der Waals surface area contributed by atoms with Crippen LogP contribution >= 0.6 is 0 Å². The van der Waals surface area contributed by atoms with Gasteiger partial charge >= 0.3 is 5.97 Å². The molecule has 0 aromatic carbocycles. The van der Waals surface area contributed by atoms with Gasteiger partial charge in [0.1, 0.15) is 6.10 Å². The van der Waals surface area contributed by atoms with E-state index in [2.05, 4.69) is 0 Å². The fourth-order valence-electron chi connectivity index (χ4n) is 1.46. The predicted octanol–water partition coefficient (Wildman–Crippen LogP) is 1.72. The van der Waals surface area contributed by atoms with Crippen LogP contribution in [0.15, 0.2) is 11.8 Å². The van der Waals surface area contributed by atoms with Gasteiger partial charge in [-0.25, -0.2) is 4.79 Å². The maximum Gasteiger partial charge on any atom is 0.332 e. The SMILES string of the molecule is CCC(N)=CC(=O)OC1CCCC1. The molecule has 13 heavy (non-hydrogen) atoms. The fraction of sp³-hybridized carbons (Fsp3) is 0.700. The van der Waals surface area contributed by atoms with Crippen molar-refractivity contribution in [3.63, 3.8) is 0 Å². The maximum atomic E-state index is 11.2. The third-order valence-corrected chi connectivity index (χ3v) is 2.30. The second kappa shape index (κ2) is 4.90. The lowest BCUT2D eigenvalue weighted by atomic mass is 10.3. The van der Waals surface area contributed by atoms with Gasteiger partial charge in [-0.3, -0.25) is 0 Å². The fourth-order valence-corrected chi connectivity index (χ4v) is 1.46. The lowest BCUT2D eigenvalue weighted by molar-refractivity contribution is -0.142. The molecule has 1 aliphatic carbocycles. The lowest BCUT2D eigenvalue weighted by Gasteiger charge is -2.08. The highest BCUT2D eigenvalue weighted by Gasteiger charge is 2.17. The molecule has 0 aliphatic heterocycles. The molecule has 0 aromatic heterocycles. The summed E-state index contributed by atoms with van der Waals surface area (Å²) >= 11 is 0. The summed E-state index contributed by atoms with van der Waals surface area (Å²) in [5, 5.41) is 0. The highest BCUT2D eigenvalue weighted by molar-refractivity contribution is 5.82. The molecular weight excluding hydrogens is 166 g/mol. The summed E-state index contributed by atoms with van der Waals surface area (Å²) in [6.45, 7) is 1.91. The largest absolute Gasteiger partial charge is 0.459 e. The van der Waals surface area contributed by atoms with E-state index in [1.165, 1.54) is 18.9 Å². The number of carbonyl (C=O) groups excluding carboxylic acids is 1. The average Bonchev–Trinajstić information content (AvgIpc) is 2.56. The van der Waals surface area contributed by atoms with Crippen molar-refractivity contribution in [2.75, 3.05) is 0 Å². The Hall–Kier alpha value is -0.990. The number of nitrogens with two attached hydrogens (primary N) is 1. The van der Waals surface area contributed by atoms with Gasteiger partial charge in [-0.05, 0) is 32.1 Å². The third kappa shape index (κ3) is 3.49. The quantitative estimate of drug-likeness (QED) is 0.535. The van der Waals surface area contributed by atoms with Crippen LogP contribution in [0.3, 0.4) is 0 Å². The summed E-state index contributed by atoms with van der Waals surface area (Å²) < 4.78 is 5.19. The molecule has 3 heteroatoms. The number of ether oxygens (including phenoxy) is 1. The van der Waals surface area contributed by atoms with E-state index in [1.54, 1.807) is 0 Å². The normalized spacial score (nSPS) is 19.0. The van der Waals surface area contributed by atoms with E-state index in [9.17, 15) is 4.79 Å². The first-order valence-electron chi connectivity index (χ1n) is 4.89. The number of hydrogen-bond acceptors (Lipinski definition) is 3. The third-order valence-electron chi connectivity index (χ3n) is 2.30. The molecule has 1 saturated carbocycles. The lowest BCUT2D eigenvalue weighted by Crippen LogP contribution is -2.14. The van der Waals surface area contributed by atoms with Gasteiger partial charge in [0.25, 0.3) is 0 Å². The van der Waals surface area contributed by atoms with Crippen molar-refractivity contribution in [1.82, 2.24) is 0 Å². The molecule has 2 N–H and O–H groups in total. The Labute approximate surface area is 78.9 Å². The van der Waals surface area contributed by atoms with E-state index in [4.69, 9.17) is 10.5 Å². The Kier molecular flexibility index (Phi) is 3.80. The number of allylic oxidation sites excluding steroid dienone is 1. The van der Waals surface area contributed by atoms with E-state index in [0.29, 0.717) is 12.1 Å². The molecule has 1 rings (SSSR count). The number of hydrogen-bond donors (Lipinski definition) is 1. The summed E-state index contributed by atoms with van der Waals surface area (Å²) in [4.78, 5) is 11.2. The second-order valence-electron chi connectivity index (χ2n) is 3.42. The molecule has 0 bridgehead atoms. The van der Waals surface area contributed by atoms with Gasteiger partial charge in [0, 0.05) is 11.8 Å². The number of carbonyl (C=O) groups is 1. The Morgan fingerprint density at radius 1 is 1.54 bits per heavy atom. The summed E-state index contributed by atoms with van der Waals surface area (Å²) in [5.41, 5.74) is 6.09. The van der Waals surface area contributed by atoms with Gasteiger partial charge in [0.2, 0.25) is 0 Å².